The topological polar surface area (TPSA) is 18.5 Å². The molecule has 0 fully saturated rings. The molecule has 0 spiro atoms. The lowest BCUT2D eigenvalue weighted by molar-refractivity contribution is -0.274. The first kappa shape index (κ1) is 16.0. The largest absolute Gasteiger partial charge is 0.573 e. The molecule has 0 unspecified atom stereocenters. The molecule has 0 aliphatic carbocycles. The van der Waals surface area contributed by atoms with Gasteiger partial charge in [0.15, 0.2) is 0 Å². The van der Waals surface area contributed by atoms with Crippen molar-refractivity contribution in [1.29, 1.82) is 0 Å². The fourth-order valence-corrected chi connectivity index (χ4v) is 2.25. The van der Waals surface area contributed by atoms with E-state index in [1.807, 2.05) is 6.07 Å². The number of hydrogen-bond acceptors (Lipinski definition) is 2. The second-order valence-electron chi connectivity index (χ2n) is 3.98. The van der Waals surface area contributed by atoms with Crippen molar-refractivity contribution in [3.63, 3.8) is 0 Å². The minimum absolute atomic E-state index is 0.140. The van der Waals surface area contributed by atoms with Crippen LogP contribution in [0.25, 0.3) is 0 Å². The molecule has 7 heteroatoms. The monoisotopic (exact) mass is 380 g/mol. The molecule has 0 amide bonds. The van der Waals surface area contributed by atoms with Crippen molar-refractivity contribution >= 4 is 27.5 Å². The summed E-state index contributed by atoms with van der Waals surface area (Å²) in [5.41, 5.74) is 0.783. The Morgan fingerprint density at radius 1 is 1.05 bits per heavy atom. The number of rotatable bonds is 4. The SMILES string of the molecule is FC(F)(F)Oc1ccc(Oc2ccccc2CCl)cc1Br. The minimum atomic E-state index is -4.74. The number of para-hydroxylation sites is 1. The molecule has 0 bridgehead atoms. The van der Waals surface area contributed by atoms with Gasteiger partial charge in [-0.25, -0.2) is 0 Å². The summed E-state index contributed by atoms with van der Waals surface area (Å²) in [5.74, 6) is 0.852. The van der Waals surface area contributed by atoms with Crippen molar-refractivity contribution in [3.8, 4) is 17.2 Å². The van der Waals surface area contributed by atoms with Gasteiger partial charge in [0, 0.05) is 5.56 Å². The highest BCUT2D eigenvalue weighted by Gasteiger charge is 2.32. The first-order chi connectivity index (χ1) is 9.89. The third-order valence-corrected chi connectivity index (χ3v) is 3.38. The lowest BCUT2D eigenvalue weighted by Gasteiger charge is -2.13. The first-order valence-electron chi connectivity index (χ1n) is 5.76. The summed E-state index contributed by atoms with van der Waals surface area (Å²) in [6.45, 7) is 0. The van der Waals surface area contributed by atoms with E-state index in [1.165, 1.54) is 18.2 Å². The fourth-order valence-electron chi connectivity index (χ4n) is 1.59. The predicted octanol–water partition coefficient (Wildman–Crippen LogP) is 5.88. The van der Waals surface area contributed by atoms with Gasteiger partial charge >= 0.3 is 6.36 Å². The summed E-state index contributed by atoms with van der Waals surface area (Å²) in [6, 6.07) is 11.1. The number of benzene rings is 2. The highest BCUT2D eigenvalue weighted by molar-refractivity contribution is 9.10. The van der Waals surface area contributed by atoms with E-state index in [9.17, 15) is 13.2 Å². The summed E-state index contributed by atoms with van der Waals surface area (Å²) in [7, 11) is 0. The Kier molecular flexibility index (Phi) is 5.00. The predicted molar refractivity (Wildman–Crippen MR) is 76.9 cm³/mol. The zero-order valence-electron chi connectivity index (χ0n) is 10.5. The number of halogens is 5. The van der Waals surface area contributed by atoms with E-state index in [1.54, 1.807) is 18.2 Å². The molecule has 2 nitrogen and oxygen atoms in total. The smallest absolute Gasteiger partial charge is 0.457 e. The van der Waals surface area contributed by atoms with Gasteiger partial charge in [-0.05, 0) is 40.2 Å². The highest BCUT2D eigenvalue weighted by Crippen LogP contribution is 2.35. The van der Waals surface area contributed by atoms with E-state index in [0.29, 0.717) is 11.5 Å². The van der Waals surface area contributed by atoms with Gasteiger partial charge in [-0.3, -0.25) is 0 Å². The van der Waals surface area contributed by atoms with Crippen molar-refractivity contribution < 1.29 is 22.6 Å². The van der Waals surface area contributed by atoms with Crippen LogP contribution < -0.4 is 9.47 Å². The van der Waals surface area contributed by atoms with Crippen LogP contribution in [-0.4, -0.2) is 6.36 Å². The zero-order valence-corrected chi connectivity index (χ0v) is 12.8. The molecule has 0 N–H and O–H groups in total. The Bertz CT molecular complexity index is 632. The van der Waals surface area contributed by atoms with Crippen molar-refractivity contribution in [2.24, 2.45) is 0 Å². The molecule has 0 aromatic heterocycles. The number of ether oxygens (including phenoxy) is 2. The van der Waals surface area contributed by atoms with Crippen LogP contribution in [0.15, 0.2) is 46.9 Å². The molecule has 0 saturated heterocycles. The maximum Gasteiger partial charge on any atom is 0.573 e. The van der Waals surface area contributed by atoms with Crippen LogP contribution in [0, 0.1) is 0 Å². The van der Waals surface area contributed by atoms with Gasteiger partial charge in [-0.2, -0.15) is 0 Å². The van der Waals surface area contributed by atoms with Crippen LogP contribution in [0.3, 0.4) is 0 Å². The van der Waals surface area contributed by atoms with Crippen LogP contribution in [0.1, 0.15) is 5.56 Å². The minimum Gasteiger partial charge on any atom is -0.457 e. The standard InChI is InChI=1S/C14H9BrClF3O2/c15-11-7-10(5-6-13(11)21-14(17,18)19)20-12-4-2-1-3-9(12)8-16/h1-7H,8H2. The average Bonchev–Trinajstić information content (AvgIpc) is 2.41. The third-order valence-electron chi connectivity index (χ3n) is 2.47. The summed E-state index contributed by atoms with van der Waals surface area (Å²) < 4.78 is 46.1. The fraction of sp³-hybridized carbons (Fsp3) is 0.143. The molecule has 0 aliphatic rings. The maximum absolute atomic E-state index is 12.2. The van der Waals surface area contributed by atoms with Gasteiger partial charge in [0.1, 0.15) is 17.2 Å². The number of hydrogen-bond donors (Lipinski definition) is 0. The summed E-state index contributed by atoms with van der Waals surface area (Å²) in [5, 5.41) is 0. The zero-order chi connectivity index (χ0) is 15.5. The average molecular weight is 382 g/mol. The van der Waals surface area contributed by atoms with Gasteiger partial charge < -0.3 is 9.47 Å². The van der Waals surface area contributed by atoms with Crippen LogP contribution in [0.5, 0.6) is 17.2 Å². The van der Waals surface area contributed by atoms with E-state index in [-0.39, 0.29) is 16.1 Å². The van der Waals surface area contributed by atoms with E-state index in [2.05, 4.69) is 20.7 Å². The van der Waals surface area contributed by atoms with Crippen LogP contribution >= 0.6 is 27.5 Å². The molecule has 0 atom stereocenters. The molecule has 112 valence electrons. The van der Waals surface area contributed by atoms with Gasteiger partial charge in [0.2, 0.25) is 0 Å². The van der Waals surface area contributed by atoms with Gasteiger partial charge in [0.05, 0.1) is 10.4 Å². The molecule has 0 heterocycles. The second kappa shape index (κ2) is 6.58. The maximum atomic E-state index is 12.2. The van der Waals surface area contributed by atoms with E-state index >= 15 is 0 Å². The van der Waals surface area contributed by atoms with E-state index in [4.69, 9.17) is 16.3 Å². The molecule has 0 saturated carbocycles. The Balaban J connectivity index is 2.21. The van der Waals surface area contributed by atoms with E-state index in [0.717, 1.165) is 5.56 Å². The van der Waals surface area contributed by atoms with Gasteiger partial charge in [-0.1, -0.05) is 18.2 Å². The Morgan fingerprint density at radius 3 is 2.38 bits per heavy atom. The van der Waals surface area contributed by atoms with Crippen LogP contribution in [0.2, 0.25) is 0 Å². The molecule has 2 aromatic carbocycles. The molecule has 21 heavy (non-hydrogen) atoms. The van der Waals surface area contributed by atoms with Crippen molar-refractivity contribution in [2.45, 2.75) is 12.2 Å². The van der Waals surface area contributed by atoms with Crippen molar-refractivity contribution in [3.05, 3.63) is 52.5 Å². The summed E-state index contributed by atoms with van der Waals surface area (Å²) in [6.07, 6.45) is -4.74. The molecular formula is C14H9BrClF3O2. The normalized spacial score (nSPS) is 11.3. The van der Waals surface area contributed by atoms with Crippen molar-refractivity contribution in [1.82, 2.24) is 0 Å². The lowest BCUT2D eigenvalue weighted by atomic mass is 10.2. The summed E-state index contributed by atoms with van der Waals surface area (Å²) >= 11 is 8.81. The third kappa shape index (κ3) is 4.54. The highest BCUT2D eigenvalue weighted by atomic mass is 79.9. The quantitative estimate of drug-likeness (QED) is 0.616. The first-order valence-corrected chi connectivity index (χ1v) is 7.09. The lowest BCUT2D eigenvalue weighted by Crippen LogP contribution is -2.17. The molecule has 2 rings (SSSR count). The van der Waals surface area contributed by atoms with Crippen LogP contribution in [-0.2, 0) is 5.88 Å². The van der Waals surface area contributed by atoms with Crippen LogP contribution in [0.4, 0.5) is 13.2 Å². The molecule has 0 radical (unpaired) electrons. The van der Waals surface area contributed by atoms with Gasteiger partial charge in [-0.15, -0.1) is 24.8 Å². The Labute approximate surface area is 132 Å². The molecular weight excluding hydrogens is 373 g/mol. The second-order valence-corrected chi connectivity index (χ2v) is 5.11. The molecule has 0 aliphatic heterocycles. The number of alkyl halides is 4. The summed E-state index contributed by atoms with van der Waals surface area (Å²) in [4.78, 5) is 0. The Hall–Kier alpha value is -1.40. The van der Waals surface area contributed by atoms with Gasteiger partial charge in [0.25, 0.3) is 0 Å². The Morgan fingerprint density at radius 2 is 1.76 bits per heavy atom. The van der Waals surface area contributed by atoms with E-state index < -0.39 is 6.36 Å². The molecule has 2 aromatic rings. The van der Waals surface area contributed by atoms with Crippen molar-refractivity contribution in [2.75, 3.05) is 0 Å².